The van der Waals surface area contributed by atoms with Crippen LogP contribution < -0.4 is 25.3 Å². The molecule has 0 spiro atoms. The van der Waals surface area contributed by atoms with E-state index in [0.717, 1.165) is 45.9 Å². The Hall–Kier alpha value is -5.68. The first-order valence-electron chi connectivity index (χ1n) is 21.1. The minimum Gasteiger partial charge on any atom is -0.443 e. The van der Waals surface area contributed by atoms with Crippen LogP contribution in [0.25, 0.3) is 0 Å². The van der Waals surface area contributed by atoms with Crippen LogP contribution in [-0.2, 0) is 20.9 Å². The number of hydrogen-bond donors (Lipinski definition) is 2. The van der Waals surface area contributed by atoms with Crippen LogP contribution in [0.4, 0.5) is 27.5 Å². The molecule has 0 saturated carbocycles. The van der Waals surface area contributed by atoms with E-state index in [0.29, 0.717) is 44.5 Å². The van der Waals surface area contributed by atoms with Crippen molar-refractivity contribution in [2.24, 2.45) is 0 Å². The fourth-order valence-electron chi connectivity index (χ4n) is 8.70. The summed E-state index contributed by atoms with van der Waals surface area (Å²) in [5.74, 6) is 0.193. The molecular formula is C48H58N6O5. The number of fused-ring (bicyclic) bond motifs is 2. The van der Waals surface area contributed by atoms with E-state index < -0.39 is 11.7 Å². The van der Waals surface area contributed by atoms with Crippen molar-refractivity contribution in [2.75, 3.05) is 33.1 Å². The van der Waals surface area contributed by atoms with Crippen LogP contribution in [0.5, 0.6) is 0 Å². The number of benzene rings is 4. The summed E-state index contributed by atoms with van der Waals surface area (Å²) >= 11 is 0. The van der Waals surface area contributed by atoms with Crippen molar-refractivity contribution in [1.82, 2.24) is 10.2 Å². The summed E-state index contributed by atoms with van der Waals surface area (Å²) < 4.78 is 5.96. The SMILES string of the molecule is CCC(=O)N1c2ccccc2[C@H](N(C(=O)OC(C)(C)C)c2ccc(CNC3CN(C(=O)c4ccc(N[C@@H]5C[C@H](C)N(C(=O)CC)c6ccccc65)cc4)C3)cc2)C[C@@H]1C. The van der Waals surface area contributed by atoms with Crippen molar-refractivity contribution in [3.63, 3.8) is 0 Å². The molecule has 1 fully saturated rings. The van der Waals surface area contributed by atoms with E-state index in [-0.39, 0.29) is 47.9 Å². The van der Waals surface area contributed by atoms with Crippen LogP contribution in [-0.4, -0.2) is 65.5 Å². The third-order valence-corrected chi connectivity index (χ3v) is 11.6. The number of nitrogens with one attached hydrogen (secondary N) is 2. The Bertz CT molecular complexity index is 2160. The number of nitrogens with zero attached hydrogens (tertiary/aromatic N) is 4. The van der Waals surface area contributed by atoms with Gasteiger partial charge in [0.15, 0.2) is 0 Å². The third kappa shape index (κ3) is 8.85. The number of carbonyl (C=O) groups is 4. The first-order valence-corrected chi connectivity index (χ1v) is 21.1. The molecule has 0 unspecified atom stereocenters. The lowest BCUT2D eigenvalue weighted by molar-refractivity contribution is -0.119. The molecule has 4 aromatic rings. The van der Waals surface area contributed by atoms with Crippen molar-refractivity contribution >= 4 is 46.6 Å². The lowest BCUT2D eigenvalue weighted by Crippen LogP contribution is -2.59. The molecular weight excluding hydrogens is 741 g/mol. The molecule has 11 nitrogen and oxygen atoms in total. The highest BCUT2D eigenvalue weighted by Gasteiger charge is 2.40. The molecule has 2 N–H and O–H groups in total. The van der Waals surface area contributed by atoms with Gasteiger partial charge in [0, 0.05) is 78.9 Å². The number of para-hydroxylation sites is 2. The summed E-state index contributed by atoms with van der Waals surface area (Å²) in [5.41, 5.74) is 6.48. The third-order valence-electron chi connectivity index (χ3n) is 11.6. The van der Waals surface area contributed by atoms with Crippen molar-refractivity contribution in [1.29, 1.82) is 0 Å². The van der Waals surface area contributed by atoms with Crippen LogP contribution in [0, 0.1) is 0 Å². The predicted octanol–water partition coefficient (Wildman–Crippen LogP) is 9.01. The zero-order valence-corrected chi connectivity index (χ0v) is 35.4. The molecule has 0 aliphatic carbocycles. The van der Waals surface area contributed by atoms with Crippen LogP contribution in [0.3, 0.4) is 0 Å². The second-order valence-corrected chi connectivity index (χ2v) is 17.1. The number of rotatable bonds is 10. The highest BCUT2D eigenvalue weighted by molar-refractivity contribution is 5.97. The molecule has 59 heavy (non-hydrogen) atoms. The first kappa shape index (κ1) is 41.5. The van der Waals surface area contributed by atoms with Crippen LogP contribution in [0.15, 0.2) is 97.1 Å². The normalized spacial score (nSPS) is 20.2. The van der Waals surface area contributed by atoms with Gasteiger partial charge in [-0.15, -0.1) is 0 Å². The molecule has 1 saturated heterocycles. The van der Waals surface area contributed by atoms with E-state index in [9.17, 15) is 19.2 Å². The lowest BCUT2D eigenvalue weighted by Gasteiger charge is -2.43. The Morgan fingerprint density at radius 3 is 1.88 bits per heavy atom. The molecule has 4 amide bonds. The Balaban J connectivity index is 0.956. The average molecular weight is 799 g/mol. The topological polar surface area (TPSA) is 115 Å². The summed E-state index contributed by atoms with van der Waals surface area (Å²) in [5, 5.41) is 7.24. The maximum absolute atomic E-state index is 13.9. The highest BCUT2D eigenvalue weighted by Crippen LogP contribution is 2.43. The van der Waals surface area contributed by atoms with Gasteiger partial charge >= 0.3 is 6.09 Å². The van der Waals surface area contributed by atoms with Crippen molar-refractivity contribution in [2.45, 2.75) is 117 Å². The molecule has 7 rings (SSSR count). The monoisotopic (exact) mass is 798 g/mol. The minimum atomic E-state index is -0.690. The Labute approximate surface area is 348 Å². The lowest BCUT2D eigenvalue weighted by atomic mass is 9.90. The van der Waals surface area contributed by atoms with Crippen LogP contribution in [0.2, 0.25) is 0 Å². The van der Waals surface area contributed by atoms with Gasteiger partial charge < -0.3 is 30.1 Å². The molecule has 0 radical (unpaired) electrons. The number of amides is 4. The molecule has 11 heteroatoms. The van der Waals surface area contributed by atoms with Gasteiger partial charge in [-0.1, -0.05) is 62.4 Å². The van der Waals surface area contributed by atoms with Gasteiger partial charge in [-0.3, -0.25) is 19.3 Å². The Morgan fingerprint density at radius 2 is 1.29 bits per heavy atom. The Kier molecular flexibility index (Phi) is 12.1. The maximum Gasteiger partial charge on any atom is 0.415 e. The summed E-state index contributed by atoms with van der Waals surface area (Å²) in [7, 11) is 0. The van der Waals surface area contributed by atoms with Gasteiger partial charge in [-0.2, -0.15) is 0 Å². The molecule has 4 aromatic carbocycles. The highest BCUT2D eigenvalue weighted by atomic mass is 16.6. The van der Waals surface area contributed by atoms with Gasteiger partial charge in [0.2, 0.25) is 11.8 Å². The second kappa shape index (κ2) is 17.3. The predicted molar refractivity (Wildman–Crippen MR) is 234 cm³/mol. The fraction of sp³-hybridized carbons (Fsp3) is 0.417. The number of carbonyl (C=O) groups excluding carboxylic acids is 4. The maximum atomic E-state index is 13.9. The second-order valence-electron chi connectivity index (χ2n) is 17.1. The fourth-order valence-corrected chi connectivity index (χ4v) is 8.70. The molecule has 0 aromatic heterocycles. The summed E-state index contributed by atoms with van der Waals surface area (Å²) in [6.45, 7) is 15.3. The number of likely N-dealkylation sites (tertiary alicyclic amines) is 1. The average Bonchev–Trinajstić information content (AvgIpc) is 3.20. The molecule has 310 valence electrons. The molecule has 0 bridgehead atoms. The first-order chi connectivity index (χ1) is 28.3. The molecule has 3 aliphatic rings. The molecule has 3 aliphatic heterocycles. The van der Waals surface area contributed by atoms with Gasteiger partial charge in [0.05, 0.1) is 12.1 Å². The summed E-state index contributed by atoms with van der Waals surface area (Å²) in [6, 6.07) is 31.4. The van der Waals surface area contributed by atoms with Crippen molar-refractivity contribution in [3.8, 4) is 0 Å². The number of anilines is 4. The van der Waals surface area contributed by atoms with Gasteiger partial charge in [0.1, 0.15) is 5.60 Å². The largest absolute Gasteiger partial charge is 0.443 e. The number of hydrogen-bond acceptors (Lipinski definition) is 7. The smallest absolute Gasteiger partial charge is 0.415 e. The van der Waals surface area contributed by atoms with Crippen LogP contribution >= 0.6 is 0 Å². The van der Waals surface area contributed by atoms with Crippen LogP contribution in [0.1, 0.15) is 113 Å². The summed E-state index contributed by atoms with van der Waals surface area (Å²) in [6.07, 6.45) is 1.79. The van der Waals surface area contributed by atoms with Crippen molar-refractivity contribution < 1.29 is 23.9 Å². The quantitative estimate of drug-likeness (QED) is 0.165. The number of ether oxygens (including phenoxy) is 1. The molecule has 4 atom stereocenters. The van der Waals surface area contributed by atoms with Gasteiger partial charge in [0.25, 0.3) is 5.91 Å². The van der Waals surface area contributed by atoms with E-state index in [4.69, 9.17) is 4.74 Å². The summed E-state index contributed by atoms with van der Waals surface area (Å²) in [4.78, 5) is 60.5. The van der Waals surface area contributed by atoms with E-state index in [1.165, 1.54) is 0 Å². The standard InChI is InChI=1S/C48H58N6O5/c1-8-44(55)52-31(3)26-40(38-14-10-12-16-41(38)52)50-35-22-20-34(21-23-35)46(57)51-29-36(30-51)49-28-33-18-24-37(25-19-33)54(47(58)59-48(5,6)7)43-27-32(4)53(45(56)9-2)42-17-13-11-15-39(42)43/h10-25,31-32,36,40,43,49-50H,8-9,26-30H2,1-7H3/t31-,32-,40+,43+/m0/s1. The van der Waals surface area contributed by atoms with E-state index in [2.05, 4.69) is 23.6 Å². The van der Waals surface area contributed by atoms with E-state index in [1.807, 2.05) is 147 Å². The zero-order chi connectivity index (χ0) is 42.0. The van der Waals surface area contributed by atoms with Gasteiger partial charge in [-0.05, 0) is 113 Å². The minimum absolute atomic E-state index is 0.00678. The molecule has 3 heterocycles. The van der Waals surface area contributed by atoms with Crippen molar-refractivity contribution in [3.05, 3.63) is 119 Å². The zero-order valence-electron chi connectivity index (χ0n) is 35.4. The van der Waals surface area contributed by atoms with E-state index in [1.54, 1.807) is 4.90 Å². The van der Waals surface area contributed by atoms with Gasteiger partial charge in [-0.25, -0.2) is 4.79 Å². The Morgan fingerprint density at radius 1 is 0.729 bits per heavy atom. The van der Waals surface area contributed by atoms with E-state index >= 15 is 0 Å².